The molecule has 2 bridgehead atoms. The number of hydrogen-bond donors (Lipinski definition) is 1. The van der Waals surface area contributed by atoms with Crippen molar-refractivity contribution in [1.82, 2.24) is 15.2 Å². The van der Waals surface area contributed by atoms with Crippen LogP contribution in [0.25, 0.3) is 0 Å². The van der Waals surface area contributed by atoms with Gasteiger partial charge in [-0.05, 0) is 46.6 Å². The van der Waals surface area contributed by atoms with E-state index in [-0.39, 0.29) is 0 Å². The van der Waals surface area contributed by atoms with Crippen LogP contribution in [0, 0.1) is 6.92 Å². The van der Waals surface area contributed by atoms with Crippen LogP contribution >= 0.6 is 11.3 Å². The number of aryl methyl sites for hydroxylation is 1. The van der Waals surface area contributed by atoms with Crippen molar-refractivity contribution in [1.29, 1.82) is 0 Å². The van der Waals surface area contributed by atoms with Gasteiger partial charge in [0.1, 0.15) is 5.01 Å². The maximum Gasteiger partial charge on any atom is 0.110 e. The van der Waals surface area contributed by atoms with E-state index in [0.717, 1.165) is 18.1 Å². The predicted molar refractivity (Wildman–Crippen MR) is 80.6 cm³/mol. The molecular weight excluding hydrogens is 254 g/mol. The van der Waals surface area contributed by atoms with Crippen LogP contribution in [0.15, 0.2) is 6.20 Å². The molecule has 0 aliphatic carbocycles. The first-order valence-electron chi connectivity index (χ1n) is 7.56. The summed E-state index contributed by atoms with van der Waals surface area (Å²) in [7, 11) is 2.11. The Morgan fingerprint density at radius 1 is 1.37 bits per heavy atom. The van der Waals surface area contributed by atoms with E-state index in [0.29, 0.717) is 6.04 Å². The topological polar surface area (TPSA) is 28.2 Å². The first-order valence-corrected chi connectivity index (χ1v) is 8.37. The molecule has 0 spiro atoms. The van der Waals surface area contributed by atoms with Crippen LogP contribution < -0.4 is 5.32 Å². The van der Waals surface area contributed by atoms with Crippen molar-refractivity contribution in [2.75, 3.05) is 7.05 Å². The fraction of sp³-hybridized carbons (Fsp3) is 0.800. The van der Waals surface area contributed by atoms with Crippen LogP contribution in [0.3, 0.4) is 0 Å². The molecule has 0 radical (unpaired) electrons. The lowest BCUT2D eigenvalue weighted by Gasteiger charge is -2.51. The van der Waals surface area contributed by atoms with Crippen LogP contribution in [0.1, 0.15) is 55.0 Å². The third-order valence-electron chi connectivity index (χ3n) is 4.88. The molecule has 19 heavy (non-hydrogen) atoms. The molecule has 3 rings (SSSR count). The Labute approximate surface area is 120 Å². The normalized spacial score (nSPS) is 33.3. The Kier molecular flexibility index (Phi) is 3.92. The molecule has 1 aromatic heterocycles. The minimum Gasteiger partial charge on any atom is -0.317 e. The highest BCUT2D eigenvalue weighted by Crippen LogP contribution is 2.40. The molecule has 0 saturated carbocycles. The van der Waals surface area contributed by atoms with E-state index in [2.05, 4.69) is 36.1 Å². The van der Waals surface area contributed by atoms with Crippen LogP contribution in [0.4, 0.5) is 0 Å². The minimum absolute atomic E-state index is 0.492. The highest BCUT2D eigenvalue weighted by atomic mass is 32.1. The van der Waals surface area contributed by atoms with Gasteiger partial charge in [0.05, 0.1) is 6.04 Å². The first-order chi connectivity index (χ1) is 9.19. The monoisotopic (exact) mass is 279 g/mol. The number of thiazole rings is 1. The molecule has 1 aromatic rings. The number of nitrogens with zero attached hydrogens (tertiary/aromatic N) is 2. The quantitative estimate of drug-likeness (QED) is 0.921. The van der Waals surface area contributed by atoms with E-state index in [1.165, 1.54) is 42.0 Å². The van der Waals surface area contributed by atoms with Crippen molar-refractivity contribution in [3.63, 3.8) is 0 Å². The van der Waals surface area contributed by atoms with E-state index in [4.69, 9.17) is 0 Å². The fourth-order valence-corrected chi connectivity index (χ4v) is 4.81. The second-order valence-electron chi connectivity index (χ2n) is 6.13. The zero-order valence-corrected chi connectivity index (χ0v) is 13.0. The van der Waals surface area contributed by atoms with Crippen molar-refractivity contribution < 1.29 is 0 Å². The second-order valence-corrected chi connectivity index (χ2v) is 7.39. The molecule has 4 heteroatoms. The highest BCUT2D eigenvalue weighted by molar-refractivity contribution is 7.11. The molecule has 2 saturated heterocycles. The summed E-state index contributed by atoms with van der Waals surface area (Å²) in [5.74, 6) is 0. The molecule has 3 atom stereocenters. The average molecular weight is 279 g/mol. The standard InChI is InChI=1S/C15H25N3S/c1-10-9-17-15(19-10)11(2)18-13-5-4-6-14(18)8-12(7-13)16-3/h9,11-14,16H,4-8H2,1-3H3. The van der Waals surface area contributed by atoms with Crippen LogP contribution in [-0.4, -0.2) is 35.1 Å². The zero-order chi connectivity index (χ0) is 13.4. The molecule has 2 aliphatic heterocycles. The van der Waals surface area contributed by atoms with Gasteiger partial charge in [0.25, 0.3) is 0 Å². The molecule has 3 unspecified atom stereocenters. The summed E-state index contributed by atoms with van der Waals surface area (Å²) in [5.41, 5.74) is 0. The van der Waals surface area contributed by atoms with E-state index >= 15 is 0 Å². The summed E-state index contributed by atoms with van der Waals surface area (Å²) >= 11 is 1.87. The number of rotatable bonds is 3. The lowest BCUT2D eigenvalue weighted by molar-refractivity contribution is -0.00520. The Bertz CT molecular complexity index is 417. The third kappa shape index (κ3) is 2.58. The van der Waals surface area contributed by atoms with Crippen LogP contribution in [0.5, 0.6) is 0 Å². The maximum atomic E-state index is 4.62. The number of nitrogens with one attached hydrogen (secondary N) is 1. The van der Waals surface area contributed by atoms with Crippen LogP contribution in [0.2, 0.25) is 0 Å². The maximum absolute atomic E-state index is 4.62. The summed E-state index contributed by atoms with van der Waals surface area (Å²) in [5, 5.41) is 4.80. The van der Waals surface area contributed by atoms with Crippen molar-refractivity contribution in [2.24, 2.45) is 0 Å². The second kappa shape index (κ2) is 5.51. The van der Waals surface area contributed by atoms with E-state index in [1.807, 2.05) is 17.5 Å². The Morgan fingerprint density at radius 3 is 2.58 bits per heavy atom. The predicted octanol–water partition coefficient (Wildman–Crippen LogP) is 3.12. The largest absolute Gasteiger partial charge is 0.317 e. The Balaban J connectivity index is 1.80. The summed E-state index contributed by atoms with van der Waals surface area (Å²) in [6, 6.07) is 2.72. The lowest BCUT2D eigenvalue weighted by atomic mass is 9.81. The van der Waals surface area contributed by atoms with Gasteiger partial charge < -0.3 is 5.32 Å². The number of aromatic nitrogens is 1. The van der Waals surface area contributed by atoms with Crippen LogP contribution in [-0.2, 0) is 0 Å². The summed E-state index contributed by atoms with van der Waals surface area (Å²) in [6.07, 6.45) is 8.77. The van der Waals surface area contributed by atoms with Gasteiger partial charge in [-0.15, -0.1) is 11.3 Å². The SMILES string of the molecule is CNC1CC2CCCC(C1)N2C(C)c1ncc(C)s1. The van der Waals surface area contributed by atoms with E-state index in [9.17, 15) is 0 Å². The van der Waals surface area contributed by atoms with E-state index in [1.54, 1.807) is 0 Å². The minimum atomic E-state index is 0.492. The van der Waals surface area contributed by atoms with Gasteiger partial charge in [0.15, 0.2) is 0 Å². The fourth-order valence-electron chi connectivity index (χ4n) is 3.98. The summed E-state index contributed by atoms with van der Waals surface area (Å²) in [6.45, 7) is 4.51. The zero-order valence-electron chi connectivity index (χ0n) is 12.2. The van der Waals surface area contributed by atoms with Crippen molar-refractivity contribution >= 4 is 11.3 Å². The molecule has 2 aliphatic rings. The van der Waals surface area contributed by atoms with Gasteiger partial charge in [-0.3, -0.25) is 4.90 Å². The first kappa shape index (κ1) is 13.5. The molecule has 0 amide bonds. The molecular formula is C15H25N3S. The van der Waals surface area contributed by atoms with Gasteiger partial charge in [0, 0.05) is 29.2 Å². The average Bonchev–Trinajstić information content (AvgIpc) is 2.83. The Morgan fingerprint density at radius 2 is 2.05 bits per heavy atom. The number of fused-ring (bicyclic) bond motifs is 2. The molecule has 3 heterocycles. The van der Waals surface area contributed by atoms with Crippen molar-refractivity contribution in [3.05, 3.63) is 16.1 Å². The van der Waals surface area contributed by atoms with Gasteiger partial charge in [-0.2, -0.15) is 0 Å². The van der Waals surface area contributed by atoms with E-state index < -0.39 is 0 Å². The van der Waals surface area contributed by atoms with Crippen molar-refractivity contribution in [3.8, 4) is 0 Å². The molecule has 1 N–H and O–H groups in total. The van der Waals surface area contributed by atoms with Crippen molar-refractivity contribution in [2.45, 2.75) is 70.1 Å². The number of piperidine rings is 2. The molecule has 0 aromatic carbocycles. The third-order valence-corrected chi connectivity index (χ3v) is 5.97. The van der Waals surface area contributed by atoms with Gasteiger partial charge >= 0.3 is 0 Å². The molecule has 106 valence electrons. The number of hydrogen-bond acceptors (Lipinski definition) is 4. The summed E-state index contributed by atoms with van der Waals surface area (Å²) in [4.78, 5) is 8.72. The van der Waals surface area contributed by atoms with Gasteiger partial charge in [-0.1, -0.05) is 6.42 Å². The molecule has 3 nitrogen and oxygen atoms in total. The lowest BCUT2D eigenvalue weighted by Crippen LogP contribution is -2.56. The van der Waals surface area contributed by atoms with Gasteiger partial charge in [-0.25, -0.2) is 4.98 Å². The molecule has 2 fully saturated rings. The Hall–Kier alpha value is -0.450. The van der Waals surface area contributed by atoms with Gasteiger partial charge in [0.2, 0.25) is 0 Å². The summed E-state index contributed by atoms with van der Waals surface area (Å²) < 4.78 is 0. The smallest absolute Gasteiger partial charge is 0.110 e. The highest BCUT2D eigenvalue weighted by Gasteiger charge is 2.40.